The Bertz CT molecular complexity index is 885. The van der Waals surface area contributed by atoms with Crippen molar-refractivity contribution in [3.63, 3.8) is 0 Å². The summed E-state index contributed by atoms with van der Waals surface area (Å²) in [5.74, 6) is 0. The van der Waals surface area contributed by atoms with Gasteiger partial charge in [0.05, 0.1) is 11.6 Å². The van der Waals surface area contributed by atoms with E-state index in [0.29, 0.717) is 37.1 Å². The molecule has 1 heterocycles. The van der Waals surface area contributed by atoms with Gasteiger partial charge in [0, 0.05) is 42.9 Å². The summed E-state index contributed by atoms with van der Waals surface area (Å²) in [5.41, 5.74) is 11.0. The van der Waals surface area contributed by atoms with Gasteiger partial charge in [-0.3, -0.25) is 0 Å². The van der Waals surface area contributed by atoms with Crippen LogP contribution in [0.4, 0.5) is 10.1 Å². The highest BCUT2D eigenvalue weighted by Gasteiger charge is 2.36. The normalized spacial score (nSPS) is 16.0. The van der Waals surface area contributed by atoms with Crippen LogP contribution < -0.4 is 5.73 Å². The number of nitrogens with two attached hydrogens (primary N) is 1. The third-order valence-electron chi connectivity index (χ3n) is 5.65. The first-order valence-electron chi connectivity index (χ1n) is 9.40. The molecule has 0 unspecified atom stereocenters. The third-order valence-corrected chi connectivity index (χ3v) is 5.65. The van der Waals surface area contributed by atoms with Gasteiger partial charge in [-0.2, -0.15) is 5.26 Å². The minimum atomic E-state index is -1.36. The number of nitriles is 1. The molecule has 140 valence electrons. The molecule has 0 radical (unpaired) electrons. The van der Waals surface area contributed by atoms with E-state index in [1.165, 1.54) is 0 Å². The molecule has 27 heavy (non-hydrogen) atoms. The number of hydrogen-bond donors (Lipinski definition) is 1. The Morgan fingerprint density at radius 3 is 2.44 bits per heavy atom. The minimum Gasteiger partial charge on any atom is -0.398 e. The van der Waals surface area contributed by atoms with Gasteiger partial charge in [0.2, 0.25) is 0 Å². The summed E-state index contributed by atoms with van der Waals surface area (Å²) in [6, 6.07) is 13.0. The van der Waals surface area contributed by atoms with Crippen LogP contribution in [0.1, 0.15) is 47.6 Å². The summed E-state index contributed by atoms with van der Waals surface area (Å²) in [4.78, 5) is 2.15. The number of piperidine rings is 1. The van der Waals surface area contributed by atoms with E-state index in [-0.39, 0.29) is 0 Å². The van der Waals surface area contributed by atoms with Crippen molar-refractivity contribution in [2.45, 2.75) is 38.8 Å². The molecule has 4 heteroatoms. The zero-order chi connectivity index (χ0) is 19.6. The van der Waals surface area contributed by atoms with Crippen molar-refractivity contribution < 1.29 is 4.39 Å². The maximum absolute atomic E-state index is 15.5. The predicted octanol–water partition coefficient (Wildman–Crippen LogP) is 4.94. The number of rotatable bonds is 4. The number of likely N-dealkylation sites (tertiary alicyclic amines) is 1. The highest BCUT2D eigenvalue weighted by molar-refractivity contribution is 5.70. The van der Waals surface area contributed by atoms with Crippen LogP contribution in [0.3, 0.4) is 0 Å². The smallest absolute Gasteiger partial charge is 0.139 e. The summed E-state index contributed by atoms with van der Waals surface area (Å²) in [6.45, 7) is 9.62. The van der Waals surface area contributed by atoms with Gasteiger partial charge in [0.1, 0.15) is 5.67 Å². The molecule has 3 rings (SSSR count). The molecule has 0 amide bonds. The highest BCUT2D eigenvalue weighted by Crippen LogP contribution is 2.39. The van der Waals surface area contributed by atoms with Gasteiger partial charge < -0.3 is 10.6 Å². The largest absolute Gasteiger partial charge is 0.398 e. The van der Waals surface area contributed by atoms with E-state index in [2.05, 4.69) is 37.5 Å². The van der Waals surface area contributed by atoms with Crippen LogP contribution in [0.25, 0.3) is 5.70 Å². The Morgan fingerprint density at radius 1 is 1.26 bits per heavy atom. The molecule has 0 aromatic heterocycles. The lowest BCUT2D eigenvalue weighted by Crippen LogP contribution is -2.39. The van der Waals surface area contributed by atoms with Crippen LogP contribution in [0, 0.1) is 18.3 Å². The fourth-order valence-electron chi connectivity index (χ4n) is 3.84. The second-order valence-electron chi connectivity index (χ2n) is 7.31. The monoisotopic (exact) mass is 363 g/mol. The summed E-state index contributed by atoms with van der Waals surface area (Å²) in [6.07, 6.45) is 1.71. The average molecular weight is 363 g/mol. The molecular formula is C23H26FN3. The van der Waals surface area contributed by atoms with Gasteiger partial charge in [-0.15, -0.1) is 0 Å². The van der Waals surface area contributed by atoms with Crippen LogP contribution in [-0.2, 0) is 12.1 Å². The Morgan fingerprint density at radius 2 is 1.89 bits per heavy atom. The van der Waals surface area contributed by atoms with Gasteiger partial charge in [-0.25, -0.2) is 4.39 Å². The van der Waals surface area contributed by atoms with Crippen LogP contribution in [0.5, 0.6) is 0 Å². The number of halogens is 1. The van der Waals surface area contributed by atoms with E-state index in [1.54, 1.807) is 24.3 Å². The van der Waals surface area contributed by atoms with Crippen LogP contribution in [-0.4, -0.2) is 18.0 Å². The first-order chi connectivity index (χ1) is 12.9. The van der Waals surface area contributed by atoms with E-state index in [9.17, 15) is 0 Å². The number of benzene rings is 2. The SMILES string of the molecule is C=C(c1cc(N)c(CC)cc1C)N1CCC(F)(c2ccc(C#N)cc2)CC1. The second-order valence-corrected chi connectivity index (χ2v) is 7.31. The van der Waals surface area contributed by atoms with Gasteiger partial charge >= 0.3 is 0 Å². The fourth-order valence-corrected chi connectivity index (χ4v) is 3.84. The fraction of sp³-hybridized carbons (Fsp3) is 0.348. The van der Waals surface area contributed by atoms with Gasteiger partial charge in [-0.05, 0) is 48.2 Å². The molecule has 1 fully saturated rings. The van der Waals surface area contributed by atoms with Crippen molar-refractivity contribution in [2.75, 3.05) is 18.8 Å². The molecule has 2 aromatic carbocycles. The molecular weight excluding hydrogens is 337 g/mol. The Labute approximate surface area is 160 Å². The van der Waals surface area contributed by atoms with E-state index in [0.717, 1.165) is 34.5 Å². The molecule has 3 nitrogen and oxygen atoms in total. The standard InChI is InChI=1S/C23H26FN3/c1-4-19-13-16(2)21(14-22(19)26)17(3)27-11-9-23(24,10-12-27)20-7-5-18(15-25)6-8-20/h5-8,13-14H,3-4,9-12,26H2,1-2H3. The van der Waals surface area contributed by atoms with Crippen molar-refractivity contribution in [3.05, 3.63) is 70.8 Å². The number of anilines is 1. The van der Waals surface area contributed by atoms with Crippen molar-refractivity contribution in [1.82, 2.24) is 4.90 Å². The molecule has 1 saturated heterocycles. The molecule has 0 spiro atoms. The van der Waals surface area contributed by atoms with E-state index in [1.807, 2.05) is 6.07 Å². The number of aryl methyl sites for hydroxylation is 2. The maximum atomic E-state index is 15.5. The molecule has 2 N–H and O–H groups in total. The van der Waals surface area contributed by atoms with Gasteiger partial charge in [0.25, 0.3) is 0 Å². The lowest BCUT2D eigenvalue weighted by molar-refractivity contribution is 0.0794. The Hall–Kier alpha value is -2.80. The van der Waals surface area contributed by atoms with Crippen LogP contribution in [0.15, 0.2) is 43.0 Å². The average Bonchev–Trinajstić information content (AvgIpc) is 2.69. The predicted molar refractivity (Wildman–Crippen MR) is 109 cm³/mol. The quantitative estimate of drug-likeness (QED) is 0.783. The van der Waals surface area contributed by atoms with Crippen molar-refractivity contribution in [1.29, 1.82) is 5.26 Å². The van der Waals surface area contributed by atoms with E-state index < -0.39 is 5.67 Å². The molecule has 2 aromatic rings. The molecule has 0 saturated carbocycles. The van der Waals surface area contributed by atoms with Crippen LogP contribution in [0.2, 0.25) is 0 Å². The molecule has 0 aliphatic carbocycles. The zero-order valence-corrected chi connectivity index (χ0v) is 16.1. The molecule has 1 aliphatic rings. The molecule has 0 atom stereocenters. The first kappa shape index (κ1) is 19.0. The number of nitrogens with zero attached hydrogens (tertiary/aromatic N) is 2. The highest BCUT2D eigenvalue weighted by atomic mass is 19.1. The van der Waals surface area contributed by atoms with E-state index >= 15 is 4.39 Å². The second kappa shape index (κ2) is 7.44. The summed E-state index contributed by atoms with van der Waals surface area (Å²) < 4.78 is 15.5. The third kappa shape index (κ3) is 3.68. The summed E-state index contributed by atoms with van der Waals surface area (Å²) in [7, 11) is 0. The topological polar surface area (TPSA) is 53.0 Å². The summed E-state index contributed by atoms with van der Waals surface area (Å²) in [5, 5.41) is 8.91. The van der Waals surface area contributed by atoms with Crippen LogP contribution >= 0.6 is 0 Å². The Kier molecular flexibility index (Phi) is 5.23. The number of hydrogen-bond acceptors (Lipinski definition) is 3. The zero-order valence-electron chi connectivity index (χ0n) is 16.1. The lowest BCUT2D eigenvalue weighted by Gasteiger charge is -2.39. The maximum Gasteiger partial charge on any atom is 0.139 e. The number of alkyl halides is 1. The lowest BCUT2D eigenvalue weighted by atomic mass is 9.85. The van der Waals surface area contributed by atoms with Crippen molar-refractivity contribution in [2.24, 2.45) is 0 Å². The number of nitrogen functional groups attached to an aromatic ring is 1. The molecule has 1 aliphatic heterocycles. The first-order valence-corrected chi connectivity index (χ1v) is 9.40. The summed E-state index contributed by atoms with van der Waals surface area (Å²) >= 11 is 0. The van der Waals surface area contributed by atoms with E-state index in [4.69, 9.17) is 11.0 Å². The van der Waals surface area contributed by atoms with Crippen molar-refractivity contribution in [3.8, 4) is 6.07 Å². The van der Waals surface area contributed by atoms with Crippen molar-refractivity contribution >= 4 is 11.4 Å². The van der Waals surface area contributed by atoms with Gasteiger partial charge in [-0.1, -0.05) is 31.7 Å². The molecule has 0 bridgehead atoms. The minimum absolute atomic E-state index is 0.402. The van der Waals surface area contributed by atoms with Gasteiger partial charge in [0.15, 0.2) is 0 Å². The Balaban J connectivity index is 1.74.